The molecule has 1 aromatic heterocycles. The fourth-order valence-corrected chi connectivity index (χ4v) is 1.95. The highest BCUT2D eigenvalue weighted by Crippen LogP contribution is 2.15. The van der Waals surface area contributed by atoms with E-state index in [9.17, 15) is 9.59 Å². The van der Waals surface area contributed by atoms with Crippen LogP contribution in [0.4, 0.5) is 5.69 Å². The van der Waals surface area contributed by atoms with Crippen molar-refractivity contribution >= 4 is 23.6 Å². The fraction of sp³-hybridized carbons (Fsp3) is 0.167. The van der Waals surface area contributed by atoms with Gasteiger partial charge in [-0.1, -0.05) is 18.2 Å². The van der Waals surface area contributed by atoms with Crippen molar-refractivity contribution in [1.82, 2.24) is 10.3 Å². The highest BCUT2D eigenvalue weighted by molar-refractivity contribution is 6.07. The first-order chi connectivity index (χ1) is 11.1. The van der Waals surface area contributed by atoms with E-state index in [2.05, 4.69) is 15.6 Å². The summed E-state index contributed by atoms with van der Waals surface area (Å²) in [5.41, 5.74) is 1.74. The predicted molar refractivity (Wildman–Crippen MR) is 90.9 cm³/mol. The molecule has 2 N–H and O–H groups in total. The van der Waals surface area contributed by atoms with E-state index in [4.69, 9.17) is 0 Å². The van der Waals surface area contributed by atoms with Gasteiger partial charge in [0.15, 0.2) is 0 Å². The summed E-state index contributed by atoms with van der Waals surface area (Å²) >= 11 is 0. The first-order valence-electron chi connectivity index (χ1n) is 7.35. The average molecular weight is 309 g/mol. The molecule has 5 nitrogen and oxygen atoms in total. The fourth-order valence-electron chi connectivity index (χ4n) is 1.95. The number of carbonyl (C=O) groups excluding carboxylic acids is 2. The van der Waals surface area contributed by atoms with Crippen LogP contribution in [0.5, 0.6) is 0 Å². The molecular formula is C18H19N3O2. The van der Waals surface area contributed by atoms with Crippen LogP contribution in [-0.2, 0) is 4.79 Å². The number of para-hydroxylation sites is 1. The number of nitrogens with zero attached hydrogens (tertiary/aromatic N) is 1. The predicted octanol–water partition coefficient (Wildman–Crippen LogP) is 2.87. The van der Waals surface area contributed by atoms with Gasteiger partial charge in [-0.15, -0.1) is 0 Å². The molecule has 0 bridgehead atoms. The number of nitrogens with one attached hydrogen (secondary N) is 2. The van der Waals surface area contributed by atoms with Gasteiger partial charge in [-0.3, -0.25) is 14.6 Å². The molecule has 118 valence electrons. The lowest BCUT2D eigenvalue weighted by Gasteiger charge is -2.12. The minimum atomic E-state index is -0.307. The maximum absolute atomic E-state index is 12.1. The molecular weight excluding hydrogens is 290 g/mol. The smallest absolute Gasteiger partial charge is 0.253 e. The summed E-state index contributed by atoms with van der Waals surface area (Å²) in [6, 6.07) is 10.6. The van der Waals surface area contributed by atoms with Crippen LogP contribution < -0.4 is 10.6 Å². The van der Waals surface area contributed by atoms with Crippen LogP contribution in [-0.4, -0.2) is 22.8 Å². The van der Waals surface area contributed by atoms with Crippen LogP contribution in [0.25, 0.3) is 6.08 Å². The van der Waals surface area contributed by atoms with Crippen molar-refractivity contribution in [2.75, 3.05) is 5.32 Å². The molecule has 0 saturated heterocycles. The molecule has 0 spiro atoms. The minimum Gasteiger partial charge on any atom is -0.350 e. The molecule has 5 heteroatoms. The van der Waals surface area contributed by atoms with Gasteiger partial charge in [0.2, 0.25) is 5.91 Å². The second-order valence-electron chi connectivity index (χ2n) is 5.28. The number of carbonyl (C=O) groups is 2. The first-order valence-corrected chi connectivity index (χ1v) is 7.35. The Bertz CT molecular complexity index is 709. The summed E-state index contributed by atoms with van der Waals surface area (Å²) in [5.74, 6) is -0.522. The van der Waals surface area contributed by atoms with E-state index in [1.807, 2.05) is 19.9 Å². The Morgan fingerprint density at radius 3 is 2.61 bits per heavy atom. The molecule has 1 heterocycles. The monoisotopic (exact) mass is 309 g/mol. The molecule has 0 aliphatic rings. The van der Waals surface area contributed by atoms with Crippen molar-refractivity contribution in [2.45, 2.75) is 19.9 Å². The zero-order chi connectivity index (χ0) is 16.7. The summed E-state index contributed by atoms with van der Waals surface area (Å²) in [7, 11) is 0. The quantitative estimate of drug-likeness (QED) is 0.834. The van der Waals surface area contributed by atoms with Crippen LogP contribution in [0.1, 0.15) is 29.8 Å². The van der Waals surface area contributed by atoms with Crippen molar-refractivity contribution in [2.24, 2.45) is 0 Å². The van der Waals surface area contributed by atoms with Crippen LogP contribution in [0.15, 0.2) is 54.9 Å². The first kappa shape index (κ1) is 16.4. The number of rotatable bonds is 5. The van der Waals surface area contributed by atoms with Crippen LogP contribution in [0, 0.1) is 0 Å². The molecule has 0 atom stereocenters. The Balaban J connectivity index is 2.09. The molecule has 0 aliphatic carbocycles. The highest BCUT2D eigenvalue weighted by atomic mass is 16.2. The van der Waals surface area contributed by atoms with Gasteiger partial charge in [-0.25, -0.2) is 0 Å². The summed E-state index contributed by atoms with van der Waals surface area (Å²) in [6.45, 7) is 3.77. The number of aromatic nitrogens is 1. The maximum atomic E-state index is 12.1. The molecule has 2 amide bonds. The van der Waals surface area contributed by atoms with Crippen molar-refractivity contribution in [3.8, 4) is 0 Å². The summed E-state index contributed by atoms with van der Waals surface area (Å²) in [4.78, 5) is 28.2. The van der Waals surface area contributed by atoms with Crippen LogP contribution in [0.3, 0.4) is 0 Å². The molecule has 0 aliphatic heterocycles. The SMILES string of the molecule is CC(C)NC(=O)c1ccccc1NC(=O)/C=C/c1cccnc1. The molecule has 0 unspecified atom stereocenters. The zero-order valence-corrected chi connectivity index (χ0v) is 13.1. The molecule has 2 rings (SSSR count). The zero-order valence-electron chi connectivity index (χ0n) is 13.1. The third-order valence-corrected chi connectivity index (χ3v) is 2.96. The number of hydrogen-bond donors (Lipinski definition) is 2. The van der Waals surface area contributed by atoms with Crippen LogP contribution >= 0.6 is 0 Å². The Hall–Kier alpha value is -2.95. The van der Waals surface area contributed by atoms with Crippen molar-refractivity contribution in [1.29, 1.82) is 0 Å². The Morgan fingerprint density at radius 2 is 1.91 bits per heavy atom. The Kier molecular flexibility index (Phi) is 5.63. The topological polar surface area (TPSA) is 71.1 Å². The van der Waals surface area contributed by atoms with Gasteiger partial charge < -0.3 is 10.6 Å². The third kappa shape index (κ3) is 5.07. The number of anilines is 1. The van der Waals surface area contributed by atoms with E-state index in [1.165, 1.54) is 6.08 Å². The van der Waals surface area contributed by atoms with Gasteiger partial charge in [-0.05, 0) is 43.7 Å². The lowest BCUT2D eigenvalue weighted by molar-refractivity contribution is -0.111. The van der Waals surface area contributed by atoms with Gasteiger partial charge in [0.25, 0.3) is 5.91 Å². The molecule has 1 aromatic carbocycles. The largest absolute Gasteiger partial charge is 0.350 e. The van der Waals surface area contributed by atoms with Crippen molar-refractivity contribution in [3.63, 3.8) is 0 Å². The van der Waals surface area contributed by atoms with Gasteiger partial charge in [0.1, 0.15) is 0 Å². The number of benzene rings is 1. The maximum Gasteiger partial charge on any atom is 0.253 e. The summed E-state index contributed by atoms with van der Waals surface area (Å²) in [5, 5.41) is 5.54. The van der Waals surface area contributed by atoms with Gasteiger partial charge in [0, 0.05) is 24.5 Å². The van der Waals surface area contributed by atoms with E-state index in [0.717, 1.165) is 5.56 Å². The third-order valence-electron chi connectivity index (χ3n) is 2.96. The van der Waals surface area contributed by atoms with E-state index in [-0.39, 0.29) is 17.9 Å². The van der Waals surface area contributed by atoms with Crippen molar-refractivity contribution in [3.05, 3.63) is 66.0 Å². The van der Waals surface area contributed by atoms with Crippen LogP contribution in [0.2, 0.25) is 0 Å². The minimum absolute atomic E-state index is 0.0248. The van der Waals surface area contributed by atoms with E-state index in [1.54, 1.807) is 48.8 Å². The van der Waals surface area contributed by atoms with Gasteiger partial charge in [0.05, 0.1) is 11.3 Å². The number of hydrogen-bond acceptors (Lipinski definition) is 3. The molecule has 0 saturated carbocycles. The molecule has 2 aromatic rings. The van der Waals surface area contributed by atoms with Crippen molar-refractivity contribution < 1.29 is 9.59 Å². The lowest BCUT2D eigenvalue weighted by Crippen LogP contribution is -2.30. The Labute approximate surface area is 135 Å². The van der Waals surface area contributed by atoms with Gasteiger partial charge in [-0.2, -0.15) is 0 Å². The standard InChI is InChI=1S/C18H19N3O2/c1-13(2)20-18(23)15-7-3-4-8-16(15)21-17(22)10-9-14-6-5-11-19-12-14/h3-13H,1-2H3,(H,20,23)(H,21,22)/b10-9+. The second kappa shape index (κ2) is 7.89. The lowest BCUT2D eigenvalue weighted by atomic mass is 10.1. The average Bonchev–Trinajstić information content (AvgIpc) is 2.54. The molecule has 0 fully saturated rings. The number of amides is 2. The Morgan fingerprint density at radius 1 is 1.13 bits per heavy atom. The summed E-state index contributed by atoms with van der Waals surface area (Å²) < 4.78 is 0. The highest BCUT2D eigenvalue weighted by Gasteiger charge is 2.12. The second-order valence-corrected chi connectivity index (χ2v) is 5.28. The van der Waals surface area contributed by atoms with E-state index < -0.39 is 0 Å². The molecule has 23 heavy (non-hydrogen) atoms. The number of pyridine rings is 1. The normalized spacial score (nSPS) is 10.7. The van der Waals surface area contributed by atoms with E-state index in [0.29, 0.717) is 11.3 Å². The van der Waals surface area contributed by atoms with E-state index >= 15 is 0 Å². The molecule has 0 radical (unpaired) electrons. The summed E-state index contributed by atoms with van der Waals surface area (Å²) in [6.07, 6.45) is 6.40. The van der Waals surface area contributed by atoms with Gasteiger partial charge >= 0.3 is 0 Å².